The minimum absolute atomic E-state index is 0. The van der Waals surface area contributed by atoms with Gasteiger partial charge in [-0.2, -0.15) is 0 Å². The highest BCUT2D eigenvalue weighted by Gasteiger charge is 2.14. The summed E-state index contributed by atoms with van der Waals surface area (Å²) in [5.41, 5.74) is 0. The molecule has 0 unspecified atom stereocenters. The molecule has 2 nitrogen and oxygen atoms in total. The molecule has 0 aromatic heterocycles. The normalized spacial score (nSPS) is 11.9. The number of hydrogen-bond acceptors (Lipinski definition) is 0. The highest BCUT2D eigenvalue weighted by atomic mass is 79.9. The van der Waals surface area contributed by atoms with Gasteiger partial charge in [-0.1, -0.05) is 181 Å². The molecule has 0 aromatic carbocycles. The van der Waals surface area contributed by atoms with Crippen LogP contribution in [0.5, 0.6) is 0 Å². The van der Waals surface area contributed by atoms with Crippen LogP contribution in [0.2, 0.25) is 0 Å². The van der Waals surface area contributed by atoms with Gasteiger partial charge in [-0.05, 0) is 51.4 Å². The number of unbranched alkanes of at least 4 members (excludes halogenated alkanes) is 31. The maximum Gasteiger partial charge on any atom is 0.0782 e. The summed E-state index contributed by atoms with van der Waals surface area (Å²) in [4.78, 5) is 0. The summed E-state index contributed by atoms with van der Waals surface area (Å²) >= 11 is 0. The second-order valence-electron chi connectivity index (χ2n) is 17.1. The molecular weight excluding hydrogens is 716 g/mol. The van der Waals surface area contributed by atoms with E-state index in [1.165, 1.54) is 253 Å². The lowest BCUT2D eigenvalue weighted by Gasteiger charge is -2.30. The van der Waals surface area contributed by atoms with E-state index >= 15 is 0 Å². The first-order valence-electron chi connectivity index (χ1n) is 22.0. The van der Waals surface area contributed by atoms with Crippen molar-refractivity contribution in [3.05, 3.63) is 0 Å². The molecule has 0 rings (SSSR count). The summed E-state index contributed by atoms with van der Waals surface area (Å²) in [6.07, 6.45) is 49.5. The summed E-state index contributed by atoms with van der Waals surface area (Å²) in [7, 11) is 9.87. The Kier molecular flexibility index (Phi) is 45.1. The zero-order valence-electron chi connectivity index (χ0n) is 34.5. The van der Waals surface area contributed by atoms with Gasteiger partial charge in [0.25, 0.3) is 0 Å². The first-order chi connectivity index (χ1) is 22.3. The molecule has 0 aliphatic heterocycles. The first kappa shape index (κ1) is 53.2. The molecule has 0 saturated carbocycles. The van der Waals surface area contributed by atoms with Crippen molar-refractivity contribution in [3.63, 3.8) is 0 Å². The van der Waals surface area contributed by atoms with Crippen LogP contribution >= 0.6 is 0 Å². The molecule has 0 heterocycles. The lowest BCUT2D eigenvalue weighted by atomic mass is 10.0. The monoisotopic (exact) mass is 809 g/mol. The highest BCUT2D eigenvalue weighted by molar-refractivity contribution is 4.52. The van der Waals surface area contributed by atoms with Crippen molar-refractivity contribution in [1.29, 1.82) is 0 Å². The van der Waals surface area contributed by atoms with Gasteiger partial charge in [0.2, 0.25) is 0 Å². The Morgan fingerprint density at radius 3 is 0.479 bits per heavy atom. The van der Waals surface area contributed by atoms with Crippen LogP contribution in [0.4, 0.5) is 0 Å². The topological polar surface area (TPSA) is 0 Å². The van der Waals surface area contributed by atoms with E-state index in [1.807, 2.05) is 0 Å². The van der Waals surface area contributed by atoms with E-state index in [0.29, 0.717) is 0 Å². The summed E-state index contributed by atoms with van der Waals surface area (Å²) in [5.74, 6) is 0. The van der Waals surface area contributed by atoms with E-state index in [-0.39, 0.29) is 34.0 Å². The number of nitrogens with zero attached hydrogens (tertiary/aromatic N) is 2. The zero-order valence-corrected chi connectivity index (χ0v) is 37.7. The highest BCUT2D eigenvalue weighted by Crippen LogP contribution is 2.16. The summed E-state index contributed by atoms with van der Waals surface area (Å²) in [5, 5.41) is 0. The molecule has 0 spiro atoms. The third-order valence-corrected chi connectivity index (χ3v) is 11.0. The minimum Gasteiger partial charge on any atom is -1.00 e. The average Bonchev–Trinajstić information content (AvgIpc) is 3.02. The molecule has 0 amide bonds. The van der Waals surface area contributed by atoms with Gasteiger partial charge < -0.3 is 42.9 Å². The number of halogens is 2. The lowest BCUT2D eigenvalue weighted by Crippen LogP contribution is -3.00. The standard InChI is InChI=1S/C44H94N2.2BrH/c1-7-9-11-13-15-17-25-29-33-37-41-45(3,4)43-39-35-31-27-23-21-19-20-22-24-28-32-36-40-44-46(5,6)42-38-34-30-26-18-16-14-12-10-8-2;;/h7-44H2,1-6H3;2*1H/q+2;;/p-2. The molecule has 0 fully saturated rings. The van der Waals surface area contributed by atoms with Crippen molar-refractivity contribution in [3.8, 4) is 0 Å². The Balaban J connectivity index is -0.0000101. The first-order valence-corrected chi connectivity index (χ1v) is 22.0. The third-order valence-electron chi connectivity index (χ3n) is 11.0. The Morgan fingerprint density at radius 2 is 0.333 bits per heavy atom. The zero-order chi connectivity index (χ0) is 33.9. The quantitative estimate of drug-likeness (QED) is 0.0432. The Labute approximate surface area is 327 Å². The fourth-order valence-corrected chi connectivity index (χ4v) is 7.48. The second-order valence-corrected chi connectivity index (χ2v) is 17.1. The van der Waals surface area contributed by atoms with E-state index in [0.717, 1.165) is 0 Å². The van der Waals surface area contributed by atoms with Gasteiger partial charge in [-0.15, -0.1) is 0 Å². The van der Waals surface area contributed by atoms with Crippen LogP contribution in [0.15, 0.2) is 0 Å². The van der Waals surface area contributed by atoms with Crippen LogP contribution in [-0.2, 0) is 0 Å². The van der Waals surface area contributed by atoms with Crippen molar-refractivity contribution >= 4 is 0 Å². The molecule has 0 saturated heterocycles. The molecule has 0 aliphatic carbocycles. The Hall–Kier alpha value is 0.880. The summed E-state index contributed by atoms with van der Waals surface area (Å²) in [6, 6.07) is 0. The van der Waals surface area contributed by atoms with Crippen LogP contribution in [0, 0.1) is 0 Å². The molecule has 4 heteroatoms. The van der Waals surface area contributed by atoms with Crippen LogP contribution in [-0.4, -0.2) is 63.3 Å². The molecule has 0 radical (unpaired) electrons. The van der Waals surface area contributed by atoms with Gasteiger partial charge in [0, 0.05) is 0 Å². The molecule has 0 N–H and O–H groups in total. The van der Waals surface area contributed by atoms with E-state index in [1.54, 1.807) is 0 Å². The lowest BCUT2D eigenvalue weighted by molar-refractivity contribution is -0.890. The van der Waals surface area contributed by atoms with E-state index < -0.39 is 0 Å². The Bertz CT molecular complexity index is 530. The van der Waals surface area contributed by atoms with Crippen molar-refractivity contribution in [1.82, 2.24) is 0 Å². The molecule has 294 valence electrons. The van der Waals surface area contributed by atoms with Gasteiger partial charge in [-0.25, -0.2) is 0 Å². The predicted octanol–water partition coefficient (Wildman–Crippen LogP) is 8.45. The fraction of sp³-hybridized carbons (Fsp3) is 1.00. The second kappa shape index (κ2) is 40.6. The average molecular weight is 811 g/mol. The van der Waals surface area contributed by atoms with E-state index in [2.05, 4.69) is 42.0 Å². The molecule has 0 aliphatic rings. The number of rotatable bonds is 39. The van der Waals surface area contributed by atoms with Crippen molar-refractivity contribution < 1.29 is 42.9 Å². The van der Waals surface area contributed by atoms with Gasteiger partial charge in [0.05, 0.1) is 54.4 Å². The maximum absolute atomic E-state index is 2.47. The van der Waals surface area contributed by atoms with Crippen LogP contribution in [0.25, 0.3) is 0 Å². The summed E-state index contributed by atoms with van der Waals surface area (Å²) in [6.45, 7) is 10.2. The number of hydrogen-bond donors (Lipinski definition) is 0. The predicted molar refractivity (Wildman–Crippen MR) is 212 cm³/mol. The van der Waals surface area contributed by atoms with Gasteiger partial charge in [0.1, 0.15) is 0 Å². The summed E-state index contributed by atoms with van der Waals surface area (Å²) < 4.78 is 2.49. The molecular formula is C44H94Br2N2. The van der Waals surface area contributed by atoms with E-state index in [4.69, 9.17) is 0 Å². The molecule has 0 aromatic rings. The van der Waals surface area contributed by atoms with Gasteiger partial charge in [-0.3, -0.25) is 0 Å². The fourth-order valence-electron chi connectivity index (χ4n) is 7.48. The smallest absolute Gasteiger partial charge is 0.0782 e. The van der Waals surface area contributed by atoms with Crippen LogP contribution < -0.4 is 34.0 Å². The van der Waals surface area contributed by atoms with Gasteiger partial charge in [0.15, 0.2) is 0 Å². The SMILES string of the molecule is CCCCCCCCCCCC[N+](C)(C)CCCCCCCCCCCCCCCC[N+](C)(C)CCCCCCCCCCCC.[Br-].[Br-]. The van der Waals surface area contributed by atoms with Gasteiger partial charge >= 0.3 is 0 Å². The molecule has 48 heavy (non-hydrogen) atoms. The Morgan fingerprint density at radius 1 is 0.208 bits per heavy atom. The van der Waals surface area contributed by atoms with Crippen molar-refractivity contribution in [2.75, 3.05) is 54.4 Å². The van der Waals surface area contributed by atoms with Crippen LogP contribution in [0.1, 0.15) is 232 Å². The maximum atomic E-state index is 2.47. The minimum atomic E-state index is 0. The van der Waals surface area contributed by atoms with E-state index in [9.17, 15) is 0 Å². The molecule has 0 bridgehead atoms. The number of quaternary nitrogens is 2. The molecule has 0 atom stereocenters. The largest absolute Gasteiger partial charge is 1.00 e. The van der Waals surface area contributed by atoms with Crippen molar-refractivity contribution in [2.24, 2.45) is 0 Å². The van der Waals surface area contributed by atoms with Crippen LogP contribution in [0.3, 0.4) is 0 Å². The third kappa shape index (κ3) is 43.0. The van der Waals surface area contributed by atoms with Crippen molar-refractivity contribution in [2.45, 2.75) is 232 Å².